The Morgan fingerprint density at radius 3 is 2.25 bits per heavy atom. The number of hydrogen-bond acceptors (Lipinski definition) is 1. The van der Waals surface area contributed by atoms with Gasteiger partial charge in [0, 0.05) is 6.42 Å². The van der Waals surface area contributed by atoms with Gasteiger partial charge in [0.2, 0.25) is 0 Å². The van der Waals surface area contributed by atoms with Crippen LogP contribution in [0.3, 0.4) is 0 Å². The van der Waals surface area contributed by atoms with Crippen molar-refractivity contribution in [1.29, 1.82) is 0 Å². The van der Waals surface area contributed by atoms with Gasteiger partial charge in [-0.25, -0.2) is 4.39 Å². The summed E-state index contributed by atoms with van der Waals surface area (Å²) in [5.74, 6) is -0.449. The minimum Gasteiger partial charge on any atom is -0.294 e. The Bertz CT molecular complexity index is 705. The standard InChI is InChI=1S/C18H17FO/c1-10-8-11(2)17(12(3)9-10)13-4-6-15(19)18-14(13)5-7-16(18)20/h4,6,8-9H,5,7H2,1-3H3. The first kappa shape index (κ1) is 13.0. The fourth-order valence-electron chi connectivity index (χ4n) is 3.38. The van der Waals surface area contributed by atoms with Crippen LogP contribution >= 0.6 is 0 Å². The van der Waals surface area contributed by atoms with Crippen molar-refractivity contribution in [2.45, 2.75) is 33.6 Å². The molecule has 1 aliphatic rings. The van der Waals surface area contributed by atoms with Crippen molar-refractivity contribution in [2.24, 2.45) is 0 Å². The third kappa shape index (κ3) is 1.87. The minimum absolute atomic E-state index is 0.0678. The first-order valence-corrected chi connectivity index (χ1v) is 6.92. The third-order valence-electron chi connectivity index (χ3n) is 4.09. The van der Waals surface area contributed by atoms with Gasteiger partial charge in [-0.15, -0.1) is 0 Å². The molecule has 3 rings (SSSR count). The molecule has 0 unspecified atom stereocenters. The lowest BCUT2D eigenvalue weighted by molar-refractivity contribution is 0.0991. The van der Waals surface area contributed by atoms with Gasteiger partial charge in [0.25, 0.3) is 0 Å². The predicted octanol–water partition coefficient (Wildman–Crippen LogP) is 4.55. The smallest absolute Gasteiger partial charge is 0.166 e. The highest BCUT2D eigenvalue weighted by atomic mass is 19.1. The Morgan fingerprint density at radius 2 is 1.60 bits per heavy atom. The van der Waals surface area contributed by atoms with Gasteiger partial charge >= 0.3 is 0 Å². The molecule has 0 saturated heterocycles. The normalized spacial score (nSPS) is 13.7. The lowest BCUT2D eigenvalue weighted by Crippen LogP contribution is -1.99. The van der Waals surface area contributed by atoms with Gasteiger partial charge in [-0.1, -0.05) is 23.8 Å². The molecule has 20 heavy (non-hydrogen) atoms. The number of rotatable bonds is 1. The first-order chi connectivity index (χ1) is 9.49. The molecule has 0 radical (unpaired) electrons. The number of carbonyl (C=O) groups excluding carboxylic acids is 1. The number of Topliss-reactive ketones (excluding diaryl/α,β-unsaturated/α-hetero) is 1. The first-order valence-electron chi connectivity index (χ1n) is 6.92. The van der Waals surface area contributed by atoms with Crippen LogP contribution in [0.15, 0.2) is 24.3 Å². The Kier molecular flexibility index (Phi) is 2.97. The molecule has 0 saturated carbocycles. The summed E-state index contributed by atoms with van der Waals surface area (Å²) in [6, 6.07) is 7.51. The number of fused-ring (bicyclic) bond motifs is 1. The van der Waals surface area contributed by atoms with Gasteiger partial charge in [0.15, 0.2) is 5.78 Å². The Morgan fingerprint density at radius 1 is 0.950 bits per heavy atom. The van der Waals surface area contributed by atoms with Crippen LogP contribution in [-0.4, -0.2) is 5.78 Å². The zero-order valence-corrected chi connectivity index (χ0v) is 12.0. The predicted molar refractivity (Wildman–Crippen MR) is 78.7 cm³/mol. The van der Waals surface area contributed by atoms with E-state index in [1.807, 2.05) is 6.07 Å². The highest BCUT2D eigenvalue weighted by Gasteiger charge is 2.27. The lowest BCUT2D eigenvalue weighted by atomic mass is 9.89. The van der Waals surface area contributed by atoms with Crippen molar-refractivity contribution in [3.63, 3.8) is 0 Å². The quantitative estimate of drug-likeness (QED) is 0.741. The molecule has 0 spiro atoms. The maximum atomic E-state index is 13.9. The molecule has 2 heteroatoms. The van der Waals surface area contributed by atoms with Gasteiger partial charge in [-0.2, -0.15) is 0 Å². The molecular formula is C18H17FO. The molecule has 0 fully saturated rings. The van der Waals surface area contributed by atoms with E-state index in [-0.39, 0.29) is 11.6 Å². The van der Waals surface area contributed by atoms with Crippen molar-refractivity contribution in [2.75, 3.05) is 0 Å². The summed E-state index contributed by atoms with van der Waals surface area (Å²) in [7, 11) is 0. The van der Waals surface area contributed by atoms with Crippen molar-refractivity contribution >= 4 is 5.78 Å². The summed E-state index contributed by atoms with van der Waals surface area (Å²) in [5, 5.41) is 0. The monoisotopic (exact) mass is 268 g/mol. The molecule has 102 valence electrons. The summed E-state index contributed by atoms with van der Waals surface area (Å²) in [6.07, 6.45) is 1.07. The van der Waals surface area contributed by atoms with E-state index in [2.05, 4.69) is 32.9 Å². The van der Waals surface area contributed by atoms with Crippen LogP contribution in [0.4, 0.5) is 4.39 Å². The molecule has 0 heterocycles. The SMILES string of the molecule is Cc1cc(C)c(-c2ccc(F)c3c2CCC3=O)c(C)c1. The Balaban J connectivity index is 2.31. The molecule has 0 aliphatic heterocycles. The lowest BCUT2D eigenvalue weighted by Gasteiger charge is -2.15. The van der Waals surface area contributed by atoms with Crippen LogP contribution in [0.2, 0.25) is 0 Å². The Labute approximate surface area is 118 Å². The second kappa shape index (κ2) is 4.55. The average Bonchev–Trinajstić information content (AvgIpc) is 2.74. The van der Waals surface area contributed by atoms with Crippen LogP contribution in [-0.2, 0) is 6.42 Å². The van der Waals surface area contributed by atoms with Crippen molar-refractivity contribution < 1.29 is 9.18 Å². The number of aryl methyl sites for hydroxylation is 3. The highest BCUT2D eigenvalue weighted by Crippen LogP contribution is 2.37. The average molecular weight is 268 g/mol. The molecule has 0 bridgehead atoms. The van der Waals surface area contributed by atoms with E-state index < -0.39 is 0 Å². The molecule has 2 aromatic rings. The van der Waals surface area contributed by atoms with Gasteiger partial charge in [-0.3, -0.25) is 4.79 Å². The number of hydrogen-bond donors (Lipinski definition) is 0. The van der Waals surface area contributed by atoms with E-state index in [9.17, 15) is 9.18 Å². The van der Waals surface area contributed by atoms with E-state index >= 15 is 0 Å². The summed E-state index contributed by atoms with van der Waals surface area (Å²) < 4.78 is 13.9. The van der Waals surface area contributed by atoms with E-state index in [1.54, 1.807) is 0 Å². The van der Waals surface area contributed by atoms with Crippen molar-refractivity contribution in [1.82, 2.24) is 0 Å². The van der Waals surface area contributed by atoms with E-state index in [4.69, 9.17) is 0 Å². The number of ketones is 1. The third-order valence-corrected chi connectivity index (χ3v) is 4.09. The highest BCUT2D eigenvalue weighted by molar-refractivity contribution is 6.03. The minimum atomic E-state index is -0.381. The van der Waals surface area contributed by atoms with Crippen molar-refractivity contribution in [3.8, 4) is 11.1 Å². The summed E-state index contributed by atoms with van der Waals surface area (Å²) in [6.45, 7) is 6.21. The number of benzene rings is 2. The molecule has 0 aromatic heterocycles. The van der Waals surface area contributed by atoms with Gasteiger partial charge in [0.1, 0.15) is 5.82 Å². The van der Waals surface area contributed by atoms with Crippen LogP contribution in [0.1, 0.15) is 39.0 Å². The number of halogens is 1. The maximum absolute atomic E-state index is 13.9. The van der Waals surface area contributed by atoms with E-state index in [1.165, 1.54) is 22.8 Å². The second-order valence-electron chi connectivity index (χ2n) is 5.65. The van der Waals surface area contributed by atoms with E-state index in [0.717, 1.165) is 16.7 Å². The van der Waals surface area contributed by atoms with Crippen LogP contribution < -0.4 is 0 Å². The second-order valence-corrected chi connectivity index (χ2v) is 5.65. The fraction of sp³-hybridized carbons (Fsp3) is 0.278. The summed E-state index contributed by atoms with van der Waals surface area (Å²) >= 11 is 0. The van der Waals surface area contributed by atoms with Crippen molar-refractivity contribution in [3.05, 3.63) is 57.9 Å². The number of carbonyl (C=O) groups is 1. The fourth-order valence-corrected chi connectivity index (χ4v) is 3.38. The van der Waals surface area contributed by atoms with E-state index in [0.29, 0.717) is 18.4 Å². The van der Waals surface area contributed by atoms with Gasteiger partial charge in [0.05, 0.1) is 5.56 Å². The summed E-state index contributed by atoms with van der Waals surface area (Å²) in [4.78, 5) is 11.9. The molecule has 0 N–H and O–H groups in total. The molecule has 2 aromatic carbocycles. The van der Waals surface area contributed by atoms with Crippen LogP contribution in [0.25, 0.3) is 11.1 Å². The molecule has 1 aliphatic carbocycles. The van der Waals surface area contributed by atoms with Crippen LogP contribution in [0, 0.1) is 26.6 Å². The Hall–Kier alpha value is -1.96. The maximum Gasteiger partial charge on any atom is 0.166 e. The topological polar surface area (TPSA) is 17.1 Å². The van der Waals surface area contributed by atoms with Gasteiger partial charge < -0.3 is 0 Å². The zero-order valence-electron chi connectivity index (χ0n) is 12.0. The molecular weight excluding hydrogens is 251 g/mol. The largest absolute Gasteiger partial charge is 0.294 e. The summed E-state index contributed by atoms with van der Waals surface area (Å²) in [5.41, 5.74) is 6.92. The zero-order chi connectivity index (χ0) is 14.4. The molecule has 1 nitrogen and oxygen atoms in total. The van der Waals surface area contributed by atoms with Crippen LogP contribution in [0.5, 0.6) is 0 Å². The van der Waals surface area contributed by atoms with Gasteiger partial charge in [-0.05, 0) is 61.1 Å². The molecule has 0 atom stereocenters. The molecule has 0 amide bonds.